The molecular weight excluding hydrogens is 205 g/mol. The fourth-order valence-electron chi connectivity index (χ4n) is 0.674. The van der Waals surface area contributed by atoms with Gasteiger partial charge in [0.05, 0.1) is 0 Å². The van der Waals surface area contributed by atoms with Gasteiger partial charge in [-0.25, -0.2) is 0 Å². The summed E-state index contributed by atoms with van der Waals surface area (Å²) in [4.78, 5) is 2.31. The van der Waals surface area contributed by atoms with Crippen molar-refractivity contribution in [2.75, 3.05) is 0 Å². The Kier molecular flexibility index (Phi) is 4.36. The van der Waals surface area contributed by atoms with Gasteiger partial charge in [0, 0.05) is 0 Å². The molecule has 0 unspecified atom stereocenters. The van der Waals surface area contributed by atoms with Crippen molar-refractivity contribution in [2.24, 2.45) is 5.41 Å². The fraction of sp³-hybridized carbons (Fsp3) is 0.727. The molecule has 0 rings (SSSR count). The Bertz CT molecular complexity index is 182. The first kappa shape index (κ1) is 12.1. The van der Waals surface area contributed by atoms with Crippen molar-refractivity contribution in [3.05, 3.63) is 16.7 Å². The quantitative estimate of drug-likeness (QED) is 0.493. The van der Waals surface area contributed by atoms with Gasteiger partial charge in [-0.15, -0.1) is 0 Å². The molecule has 0 amide bonds. The zero-order chi connectivity index (χ0) is 9.83. The van der Waals surface area contributed by atoms with Crippen LogP contribution in [0.4, 0.5) is 0 Å². The maximum atomic E-state index is 3.32. The Morgan fingerprint density at radius 2 is 1.67 bits per heavy atom. The summed E-state index contributed by atoms with van der Waals surface area (Å²) in [7, 11) is 0. The molecule has 0 aromatic heterocycles. The maximum absolute atomic E-state index is 3.32. The van der Waals surface area contributed by atoms with Crippen molar-refractivity contribution in [1.82, 2.24) is 0 Å². The molecule has 0 aliphatic heterocycles. The van der Waals surface area contributed by atoms with Gasteiger partial charge in [0.15, 0.2) is 0 Å². The third-order valence-electron chi connectivity index (χ3n) is 1.35. The fourth-order valence-corrected chi connectivity index (χ4v) is 1.97. The normalized spacial score (nSPS) is 12.2. The molecule has 0 bridgehead atoms. The molecule has 0 aliphatic carbocycles. The van der Waals surface area contributed by atoms with E-state index in [2.05, 4.69) is 54.8 Å². The predicted molar refractivity (Wildman–Crippen MR) is 60.1 cm³/mol. The van der Waals surface area contributed by atoms with Gasteiger partial charge in [-0.3, -0.25) is 0 Å². The van der Waals surface area contributed by atoms with Gasteiger partial charge < -0.3 is 0 Å². The van der Waals surface area contributed by atoms with Crippen LogP contribution in [0.1, 0.15) is 27.2 Å². The van der Waals surface area contributed by atoms with Crippen LogP contribution < -0.4 is 0 Å². The molecule has 0 fully saturated rings. The zero-order valence-electron chi connectivity index (χ0n) is 9.36. The monoisotopic (exact) mass is 228 g/mol. The van der Waals surface area contributed by atoms with Gasteiger partial charge in [-0.1, -0.05) is 0 Å². The van der Waals surface area contributed by atoms with E-state index in [4.69, 9.17) is 0 Å². The molecule has 12 heavy (non-hydrogen) atoms. The van der Waals surface area contributed by atoms with Crippen LogP contribution in [0.5, 0.6) is 0 Å². The zero-order valence-corrected chi connectivity index (χ0v) is 11.5. The van der Waals surface area contributed by atoms with Gasteiger partial charge in [0.1, 0.15) is 0 Å². The molecule has 0 aliphatic rings. The van der Waals surface area contributed by atoms with E-state index in [9.17, 15) is 0 Å². The summed E-state index contributed by atoms with van der Waals surface area (Å²) >= 11 is -1.47. The molecule has 0 N–H and O–H groups in total. The first-order chi connectivity index (χ1) is 5.21. The third kappa shape index (κ3) is 10.1. The Morgan fingerprint density at radius 1 is 1.17 bits per heavy atom. The number of rotatable bonds is 2. The van der Waals surface area contributed by atoms with E-state index >= 15 is 0 Å². The second-order valence-electron chi connectivity index (χ2n) is 5.65. The topological polar surface area (TPSA) is 0 Å². The summed E-state index contributed by atoms with van der Waals surface area (Å²) in [5.41, 5.74) is 3.72. The molecule has 0 aromatic carbocycles. The summed E-state index contributed by atoms with van der Waals surface area (Å²) in [5.74, 6) is 7.12. The van der Waals surface area contributed by atoms with Gasteiger partial charge in [0.25, 0.3) is 0 Å². The standard InChI is InChI=1S/C11H22Ge/c1-11(2,3)9-7-8-10-12(4,5)6/h7,10H,9H2,1-6H3. The van der Waals surface area contributed by atoms with E-state index in [1.54, 1.807) is 0 Å². The first-order valence-corrected chi connectivity index (χ1v) is 12.1. The van der Waals surface area contributed by atoms with Crippen LogP contribution >= 0.6 is 0 Å². The summed E-state index contributed by atoms with van der Waals surface area (Å²) in [6.45, 7) is 6.76. The van der Waals surface area contributed by atoms with Crippen LogP contribution in [0, 0.1) is 5.41 Å². The van der Waals surface area contributed by atoms with Gasteiger partial charge >= 0.3 is 79.9 Å². The number of hydrogen-bond donors (Lipinski definition) is 0. The first-order valence-electron chi connectivity index (χ1n) is 4.63. The molecular formula is C11H22Ge. The molecule has 0 radical (unpaired) electrons. The van der Waals surface area contributed by atoms with Crippen molar-refractivity contribution in [2.45, 2.75) is 44.5 Å². The molecule has 0 saturated carbocycles. The summed E-state index contributed by atoms with van der Waals surface area (Å²) < 4.78 is 0. The van der Waals surface area contributed by atoms with Crippen molar-refractivity contribution in [1.29, 1.82) is 0 Å². The summed E-state index contributed by atoms with van der Waals surface area (Å²) in [6, 6.07) is 0. The van der Waals surface area contributed by atoms with Crippen LogP contribution in [0.25, 0.3) is 0 Å². The Balaban J connectivity index is 4.01. The molecule has 0 heterocycles. The van der Waals surface area contributed by atoms with E-state index in [1.165, 1.54) is 0 Å². The van der Waals surface area contributed by atoms with E-state index < -0.39 is 13.3 Å². The molecule has 1 heteroatoms. The predicted octanol–water partition coefficient (Wildman–Crippen LogP) is 4.01. The molecule has 0 aromatic rings. The van der Waals surface area contributed by atoms with E-state index in [-0.39, 0.29) is 0 Å². The van der Waals surface area contributed by atoms with Gasteiger partial charge in [-0.2, -0.15) is 0 Å². The van der Waals surface area contributed by atoms with Crippen molar-refractivity contribution in [3.8, 4) is 0 Å². The van der Waals surface area contributed by atoms with Crippen molar-refractivity contribution >= 4 is 13.3 Å². The second kappa shape index (κ2) is 4.34. The number of allylic oxidation sites excluding steroid dienone is 1. The van der Waals surface area contributed by atoms with E-state index in [0.717, 1.165) is 6.42 Å². The average molecular weight is 227 g/mol. The van der Waals surface area contributed by atoms with E-state index in [1.807, 2.05) is 0 Å². The molecule has 0 saturated heterocycles. The van der Waals surface area contributed by atoms with Crippen LogP contribution in [0.3, 0.4) is 0 Å². The Morgan fingerprint density at radius 3 is 2.00 bits per heavy atom. The van der Waals surface area contributed by atoms with Crippen molar-refractivity contribution in [3.63, 3.8) is 0 Å². The molecule has 0 atom stereocenters. The minimum absolute atomic E-state index is 0.408. The van der Waals surface area contributed by atoms with Crippen LogP contribution in [-0.2, 0) is 0 Å². The molecule has 0 spiro atoms. The summed E-state index contributed by atoms with van der Waals surface area (Å²) in [5, 5.41) is 0. The third-order valence-corrected chi connectivity index (χ3v) is 3.52. The summed E-state index contributed by atoms with van der Waals surface area (Å²) in [6.07, 6.45) is 3.30. The van der Waals surface area contributed by atoms with E-state index in [0.29, 0.717) is 5.41 Å². The molecule has 0 nitrogen and oxygen atoms in total. The van der Waals surface area contributed by atoms with Crippen LogP contribution in [-0.4, -0.2) is 13.3 Å². The Hall–Kier alpha value is 0.0629. The Labute approximate surface area is 80.1 Å². The average Bonchev–Trinajstić information content (AvgIpc) is 1.76. The van der Waals surface area contributed by atoms with Gasteiger partial charge in [0.2, 0.25) is 0 Å². The number of hydrogen-bond acceptors (Lipinski definition) is 0. The second-order valence-corrected chi connectivity index (χ2v) is 16.2. The SMILES string of the molecule is CC(C)(C)CC=C=[CH][Ge]([CH3])([CH3])[CH3]. The van der Waals surface area contributed by atoms with Crippen LogP contribution in [0.2, 0.25) is 17.3 Å². The van der Waals surface area contributed by atoms with Gasteiger partial charge in [-0.05, 0) is 0 Å². The van der Waals surface area contributed by atoms with Crippen molar-refractivity contribution < 1.29 is 0 Å². The van der Waals surface area contributed by atoms with Crippen LogP contribution in [0.15, 0.2) is 16.7 Å². The minimum atomic E-state index is -1.47. The molecule has 70 valence electrons.